The molecule has 0 bridgehead atoms. The molecule has 2 amide bonds. The van der Waals surface area contributed by atoms with Crippen LogP contribution in [0.4, 0.5) is 11.6 Å². The Morgan fingerprint density at radius 2 is 1.79 bits per heavy atom. The quantitative estimate of drug-likeness (QED) is 0.321. The molecule has 1 heterocycles. The molecule has 0 unspecified atom stereocenters. The molecule has 0 aliphatic heterocycles. The number of carbonyl (C=O) groups is 2. The molecule has 0 atom stereocenters. The van der Waals surface area contributed by atoms with Crippen molar-refractivity contribution in [3.63, 3.8) is 0 Å². The number of aryl methyl sites for hydroxylation is 2. The Bertz CT molecular complexity index is 1480. The van der Waals surface area contributed by atoms with Crippen LogP contribution in [-0.4, -0.2) is 28.4 Å². The number of nitriles is 1. The van der Waals surface area contributed by atoms with Crippen LogP contribution >= 0.6 is 0 Å². The van der Waals surface area contributed by atoms with Gasteiger partial charge in [-0.25, -0.2) is 4.98 Å². The second-order valence-corrected chi connectivity index (χ2v) is 9.95. The Kier molecular flexibility index (Phi) is 7.50. The Morgan fingerprint density at radius 3 is 2.50 bits per heavy atom. The summed E-state index contributed by atoms with van der Waals surface area (Å²) >= 11 is 0. The van der Waals surface area contributed by atoms with Gasteiger partial charge in [-0.05, 0) is 73.2 Å². The van der Waals surface area contributed by atoms with Crippen molar-refractivity contribution < 1.29 is 9.59 Å². The number of anilines is 2. The smallest absolute Gasteiger partial charge is 0.257 e. The molecule has 1 N–H and O–H groups in total. The number of aromatic nitrogens is 2. The highest BCUT2D eigenvalue weighted by molar-refractivity contribution is 6.04. The van der Waals surface area contributed by atoms with E-state index < -0.39 is 0 Å². The zero-order chi connectivity index (χ0) is 26.5. The average molecular weight is 506 g/mol. The lowest BCUT2D eigenvalue weighted by molar-refractivity contribution is -0.119. The van der Waals surface area contributed by atoms with E-state index in [1.54, 1.807) is 29.2 Å². The molecule has 1 aliphatic carbocycles. The molecule has 1 fully saturated rings. The second kappa shape index (κ2) is 11.3. The number of benzene rings is 3. The van der Waals surface area contributed by atoms with E-state index in [4.69, 9.17) is 10.2 Å². The lowest BCUT2D eigenvalue weighted by atomic mass is 10.0. The standard InChI is InChI=1S/C31H31N5O2/c1-35(29(37)19-23-9-5-6-10-23)26-15-16-28-27(20-26)33-31(36(28)18-17-22-7-3-2-4-8-22)34-30(38)25-13-11-24(21-32)12-14-25/h2-4,7-8,11-16,20,23H,5-6,9-10,17-19H2,1H3,(H,33,34,38). The van der Waals surface area contributed by atoms with Crippen LogP contribution in [0.2, 0.25) is 0 Å². The van der Waals surface area contributed by atoms with Crippen molar-refractivity contribution in [1.29, 1.82) is 5.26 Å². The van der Waals surface area contributed by atoms with Crippen molar-refractivity contribution in [2.45, 2.75) is 45.1 Å². The fourth-order valence-corrected chi connectivity index (χ4v) is 5.15. The molecular formula is C31H31N5O2. The number of fused-ring (bicyclic) bond motifs is 1. The molecule has 7 heteroatoms. The van der Waals surface area contributed by atoms with Crippen LogP contribution in [-0.2, 0) is 17.8 Å². The first-order valence-electron chi connectivity index (χ1n) is 13.1. The van der Waals surface area contributed by atoms with Gasteiger partial charge >= 0.3 is 0 Å². The number of carbonyl (C=O) groups excluding carboxylic acids is 2. The lowest BCUT2D eigenvalue weighted by Crippen LogP contribution is -2.27. The molecule has 4 aromatic rings. The lowest BCUT2D eigenvalue weighted by Gasteiger charge is -2.19. The SMILES string of the molecule is CN(C(=O)CC1CCCC1)c1ccc2c(c1)nc(NC(=O)c1ccc(C#N)cc1)n2CCc1ccccc1. The molecule has 1 aliphatic rings. The minimum absolute atomic E-state index is 0.120. The van der Waals surface area contributed by atoms with E-state index in [1.807, 2.05) is 48.0 Å². The number of hydrogen-bond acceptors (Lipinski definition) is 4. The number of rotatable bonds is 8. The molecule has 5 rings (SSSR count). The molecule has 0 radical (unpaired) electrons. The maximum absolute atomic E-state index is 13.0. The van der Waals surface area contributed by atoms with Gasteiger partial charge in [-0.3, -0.25) is 14.9 Å². The van der Waals surface area contributed by atoms with E-state index in [1.165, 1.54) is 18.4 Å². The summed E-state index contributed by atoms with van der Waals surface area (Å²) in [6.07, 6.45) is 6.04. The number of amides is 2. The predicted octanol–water partition coefficient (Wildman–Crippen LogP) is 5.95. The van der Waals surface area contributed by atoms with Crippen molar-refractivity contribution in [2.24, 2.45) is 5.92 Å². The largest absolute Gasteiger partial charge is 0.315 e. The second-order valence-electron chi connectivity index (χ2n) is 9.95. The number of nitrogens with zero attached hydrogens (tertiary/aromatic N) is 4. The van der Waals surface area contributed by atoms with Crippen LogP contribution in [0.1, 0.15) is 53.6 Å². The summed E-state index contributed by atoms with van der Waals surface area (Å²) in [5, 5.41) is 12.0. The van der Waals surface area contributed by atoms with Crippen LogP contribution < -0.4 is 10.2 Å². The molecule has 38 heavy (non-hydrogen) atoms. The van der Waals surface area contributed by atoms with Crippen LogP contribution in [0.15, 0.2) is 72.8 Å². The van der Waals surface area contributed by atoms with Gasteiger partial charge in [0.15, 0.2) is 0 Å². The molecule has 0 saturated heterocycles. The summed E-state index contributed by atoms with van der Waals surface area (Å²) in [6, 6.07) is 24.6. The van der Waals surface area contributed by atoms with Crippen molar-refractivity contribution in [3.05, 3.63) is 89.5 Å². The van der Waals surface area contributed by atoms with Gasteiger partial charge in [-0.2, -0.15) is 5.26 Å². The highest BCUT2D eigenvalue weighted by Crippen LogP contribution is 2.30. The minimum Gasteiger partial charge on any atom is -0.315 e. The maximum Gasteiger partial charge on any atom is 0.257 e. The highest BCUT2D eigenvalue weighted by atomic mass is 16.2. The van der Waals surface area contributed by atoms with Crippen molar-refractivity contribution >= 4 is 34.5 Å². The Hall–Kier alpha value is -4.44. The first-order chi connectivity index (χ1) is 18.5. The van der Waals surface area contributed by atoms with Crippen molar-refractivity contribution in [2.75, 3.05) is 17.3 Å². The summed E-state index contributed by atoms with van der Waals surface area (Å²) in [5.74, 6) is 0.751. The third-order valence-electron chi connectivity index (χ3n) is 7.40. The minimum atomic E-state index is -0.296. The number of hydrogen-bond donors (Lipinski definition) is 1. The summed E-state index contributed by atoms with van der Waals surface area (Å²) in [6.45, 7) is 0.624. The van der Waals surface area contributed by atoms with Gasteiger partial charge in [0.05, 0.1) is 22.7 Å². The first kappa shape index (κ1) is 25.2. The first-order valence-corrected chi connectivity index (χ1v) is 13.1. The van der Waals surface area contributed by atoms with Crippen LogP contribution in [0.3, 0.4) is 0 Å². The van der Waals surface area contributed by atoms with E-state index in [0.717, 1.165) is 30.5 Å². The third-order valence-corrected chi connectivity index (χ3v) is 7.40. The Morgan fingerprint density at radius 1 is 1.05 bits per heavy atom. The maximum atomic E-state index is 13.0. The zero-order valence-electron chi connectivity index (χ0n) is 21.6. The third kappa shape index (κ3) is 5.60. The van der Waals surface area contributed by atoms with Gasteiger partial charge in [0.1, 0.15) is 0 Å². The van der Waals surface area contributed by atoms with Crippen LogP contribution in [0.5, 0.6) is 0 Å². The molecule has 7 nitrogen and oxygen atoms in total. The monoisotopic (exact) mass is 505 g/mol. The summed E-state index contributed by atoms with van der Waals surface area (Å²) in [5.41, 5.74) is 4.52. The Balaban J connectivity index is 1.42. The summed E-state index contributed by atoms with van der Waals surface area (Å²) in [4.78, 5) is 32.5. The van der Waals surface area contributed by atoms with E-state index in [9.17, 15) is 9.59 Å². The summed E-state index contributed by atoms with van der Waals surface area (Å²) in [7, 11) is 1.82. The number of imidazole rings is 1. The van der Waals surface area contributed by atoms with E-state index in [2.05, 4.69) is 23.5 Å². The van der Waals surface area contributed by atoms with E-state index in [0.29, 0.717) is 41.5 Å². The van der Waals surface area contributed by atoms with Crippen LogP contribution in [0, 0.1) is 17.2 Å². The molecule has 1 aromatic heterocycles. The van der Waals surface area contributed by atoms with E-state index >= 15 is 0 Å². The van der Waals surface area contributed by atoms with Gasteiger partial charge in [0.2, 0.25) is 11.9 Å². The van der Waals surface area contributed by atoms with Crippen molar-refractivity contribution in [1.82, 2.24) is 9.55 Å². The fourth-order valence-electron chi connectivity index (χ4n) is 5.15. The fraction of sp³-hybridized carbons (Fsp3) is 0.290. The molecule has 1 saturated carbocycles. The normalized spacial score (nSPS) is 13.4. The average Bonchev–Trinajstić information content (AvgIpc) is 3.59. The van der Waals surface area contributed by atoms with Crippen LogP contribution in [0.25, 0.3) is 11.0 Å². The molecule has 3 aromatic carbocycles. The van der Waals surface area contributed by atoms with E-state index in [-0.39, 0.29) is 11.8 Å². The van der Waals surface area contributed by atoms with Gasteiger partial charge in [0.25, 0.3) is 5.91 Å². The zero-order valence-corrected chi connectivity index (χ0v) is 21.6. The molecular weight excluding hydrogens is 474 g/mol. The molecule has 192 valence electrons. The predicted molar refractivity (Wildman–Crippen MR) is 149 cm³/mol. The molecule has 0 spiro atoms. The van der Waals surface area contributed by atoms with Gasteiger partial charge in [-0.1, -0.05) is 43.2 Å². The Labute approximate surface area is 222 Å². The van der Waals surface area contributed by atoms with Gasteiger partial charge in [0, 0.05) is 31.3 Å². The highest BCUT2D eigenvalue weighted by Gasteiger charge is 2.22. The topological polar surface area (TPSA) is 91.0 Å². The van der Waals surface area contributed by atoms with Crippen molar-refractivity contribution in [3.8, 4) is 6.07 Å². The van der Waals surface area contributed by atoms with Gasteiger partial charge in [-0.15, -0.1) is 0 Å². The number of nitrogens with one attached hydrogen (secondary N) is 1. The van der Waals surface area contributed by atoms with Gasteiger partial charge < -0.3 is 9.47 Å². The summed E-state index contributed by atoms with van der Waals surface area (Å²) < 4.78 is 2.01.